The van der Waals surface area contributed by atoms with E-state index in [1.165, 1.54) is 4.31 Å². The Morgan fingerprint density at radius 3 is 2.38 bits per heavy atom. The largest absolute Gasteiger partial charge is 0.497 e. The molecule has 3 heterocycles. The van der Waals surface area contributed by atoms with Crippen molar-refractivity contribution in [3.63, 3.8) is 0 Å². The number of aromatic nitrogens is 1. The summed E-state index contributed by atoms with van der Waals surface area (Å²) < 4.78 is 36.8. The predicted molar refractivity (Wildman–Crippen MR) is 128 cm³/mol. The van der Waals surface area contributed by atoms with E-state index in [4.69, 9.17) is 9.84 Å². The first kappa shape index (κ1) is 24.7. The highest BCUT2D eigenvalue weighted by atomic mass is 32.2. The van der Waals surface area contributed by atoms with Crippen LogP contribution in [0.5, 0.6) is 5.75 Å². The first-order valence-corrected chi connectivity index (χ1v) is 13.1. The van der Waals surface area contributed by atoms with E-state index in [0.29, 0.717) is 62.7 Å². The summed E-state index contributed by atoms with van der Waals surface area (Å²) >= 11 is 0. The van der Waals surface area contributed by atoms with E-state index in [1.807, 2.05) is 27.8 Å². The van der Waals surface area contributed by atoms with Gasteiger partial charge in [-0.15, -0.1) is 0 Å². The van der Waals surface area contributed by atoms with Gasteiger partial charge in [-0.25, -0.2) is 8.42 Å². The summed E-state index contributed by atoms with van der Waals surface area (Å²) in [7, 11) is -2.29. The molecule has 0 bridgehead atoms. The molecule has 1 saturated heterocycles. The van der Waals surface area contributed by atoms with E-state index in [2.05, 4.69) is 4.90 Å². The number of carbonyl (C=O) groups is 1. The van der Waals surface area contributed by atoms with Gasteiger partial charge in [-0.05, 0) is 49.2 Å². The lowest BCUT2D eigenvalue weighted by Crippen LogP contribution is -2.50. The lowest BCUT2D eigenvalue weighted by atomic mass is 10.1. The van der Waals surface area contributed by atoms with E-state index < -0.39 is 16.1 Å². The molecule has 9 nitrogen and oxygen atoms in total. The van der Waals surface area contributed by atoms with Gasteiger partial charge in [-0.2, -0.15) is 4.31 Å². The van der Waals surface area contributed by atoms with Crippen LogP contribution < -0.4 is 4.74 Å². The van der Waals surface area contributed by atoms with Crippen LogP contribution in [-0.4, -0.2) is 91.1 Å². The molecule has 1 N–H and O–H groups in total. The fourth-order valence-electron chi connectivity index (χ4n) is 5.15. The average Bonchev–Trinajstić information content (AvgIpc) is 3.28. The van der Waals surface area contributed by atoms with Crippen molar-refractivity contribution in [1.82, 2.24) is 18.7 Å². The molecule has 0 radical (unpaired) electrons. The summed E-state index contributed by atoms with van der Waals surface area (Å²) in [4.78, 5) is 17.5. The minimum absolute atomic E-state index is 0.0494. The Morgan fingerprint density at radius 2 is 1.76 bits per heavy atom. The Morgan fingerprint density at radius 1 is 1.09 bits per heavy atom. The summed E-state index contributed by atoms with van der Waals surface area (Å²) in [5, 5.41) is 9.16. The number of sulfonamides is 1. The molecule has 1 fully saturated rings. The SMILES string of the molecule is COc1cc(C)c(S(=O)(=O)N2CCn3cccc3C2CC(=O)N2CCN(CCO)CC2)c(C)c1. The molecule has 2 aromatic rings. The number of benzene rings is 1. The second kappa shape index (κ2) is 10.1. The second-order valence-electron chi connectivity index (χ2n) is 9.00. The Kier molecular flexibility index (Phi) is 7.32. The van der Waals surface area contributed by atoms with Gasteiger partial charge in [0.15, 0.2) is 0 Å². The number of carbonyl (C=O) groups excluding carboxylic acids is 1. The third-order valence-corrected chi connectivity index (χ3v) is 9.07. The van der Waals surface area contributed by atoms with Crippen molar-refractivity contribution in [2.75, 3.05) is 53.0 Å². The van der Waals surface area contributed by atoms with Gasteiger partial charge in [0.05, 0.1) is 24.7 Å². The van der Waals surface area contributed by atoms with Gasteiger partial charge in [-0.1, -0.05) is 0 Å². The van der Waals surface area contributed by atoms with Crippen LogP contribution in [0.2, 0.25) is 0 Å². The third-order valence-electron chi connectivity index (χ3n) is 6.86. The summed E-state index contributed by atoms with van der Waals surface area (Å²) in [5.74, 6) is 0.570. The van der Waals surface area contributed by atoms with Crippen molar-refractivity contribution >= 4 is 15.9 Å². The van der Waals surface area contributed by atoms with Crippen molar-refractivity contribution in [3.05, 3.63) is 47.3 Å². The summed E-state index contributed by atoms with van der Waals surface area (Å²) in [6, 6.07) is 6.71. The summed E-state index contributed by atoms with van der Waals surface area (Å²) in [6.45, 7) is 7.68. The maximum atomic E-state index is 14.0. The zero-order valence-corrected chi connectivity index (χ0v) is 20.9. The van der Waals surface area contributed by atoms with Crippen LogP contribution in [0.4, 0.5) is 0 Å². The Balaban J connectivity index is 1.62. The predicted octanol–water partition coefficient (Wildman–Crippen LogP) is 1.39. The Labute approximate surface area is 201 Å². The molecule has 0 spiro atoms. The highest BCUT2D eigenvalue weighted by Crippen LogP contribution is 2.37. The van der Waals surface area contributed by atoms with Gasteiger partial charge >= 0.3 is 0 Å². The van der Waals surface area contributed by atoms with Gasteiger partial charge in [0, 0.05) is 64.1 Å². The number of amides is 1. The molecule has 1 aromatic carbocycles. The van der Waals surface area contributed by atoms with Gasteiger partial charge in [0.1, 0.15) is 5.75 Å². The zero-order valence-electron chi connectivity index (χ0n) is 20.1. The van der Waals surface area contributed by atoms with Crippen LogP contribution in [0.1, 0.15) is 29.3 Å². The van der Waals surface area contributed by atoms with E-state index in [-0.39, 0.29) is 23.8 Å². The molecular formula is C24H34N4O5S. The number of rotatable bonds is 7. The number of β-amino-alcohol motifs (C(OH)–C–C–N with tert-alkyl or cyclic N) is 1. The van der Waals surface area contributed by atoms with Gasteiger partial charge in [0.25, 0.3) is 0 Å². The number of hydrogen-bond donors (Lipinski definition) is 1. The smallest absolute Gasteiger partial charge is 0.244 e. The van der Waals surface area contributed by atoms with E-state index >= 15 is 0 Å². The topological polar surface area (TPSA) is 95.3 Å². The van der Waals surface area contributed by atoms with Gasteiger partial charge in [0.2, 0.25) is 15.9 Å². The second-order valence-corrected chi connectivity index (χ2v) is 10.8. The molecule has 1 atom stereocenters. The van der Waals surface area contributed by atoms with Crippen LogP contribution in [0.15, 0.2) is 35.4 Å². The van der Waals surface area contributed by atoms with E-state index in [0.717, 1.165) is 5.69 Å². The number of methoxy groups -OCH3 is 1. The molecular weight excluding hydrogens is 456 g/mol. The van der Waals surface area contributed by atoms with Crippen molar-refractivity contribution in [2.24, 2.45) is 0 Å². The van der Waals surface area contributed by atoms with E-state index in [1.54, 1.807) is 33.1 Å². The normalized spacial score (nSPS) is 19.8. The molecule has 1 amide bonds. The fourth-order valence-corrected chi connectivity index (χ4v) is 7.15. The Bertz CT molecular complexity index is 1110. The zero-order chi connectivity index (χ0) is 24.5. The molecule has 1 unspecified atom stereocenters. The molecule has 4 rings (SSSR count). The van der Waals surface area contributed by atoms with Crippen molar-refractivity contribution in [2.45, 2.75) is 37.8 Å². The number of ether oxygens (including phenoxy) is 1. The minimum Gasteiger partial charge on any atom is -0.497 e. The highest BCUT2D eigenvalue weighted by molar-refractivity contribution is 7.89. The lowest BCUT2D eigenvalue weighted by molar-refractivity contribution is -0.134. The molecule has 186 valence electrons. The highest BCUT2D eigenvalue weighted by Gasteiger charge is 2.40. The maximum Gasteiger partial charge on any atom is 0.244 e. The quantitative estimate of drug-likeness (QED) is 0.630. The fraction of sp³-hybridized carbons (Fsp3) is 0.542. The molecule has 34 heavy (non-hydrogen) atoms. The van der Waals surface area contributed by atoms with Gasteiger partial charge < -0.3 is 19.3 Å². The number of nitrogens with zero attached hydrogens (tertiary/aromatic N) is 4. The van der Waals surface area contributed by atoms with Crippen molar-refractivity contribution < 1.29 is 23.1 Å². The van der Waals surface area contributed by atoms with Crippen molar-refractivity contribution in [1.29, 1.82) is 0 Å². The maximum absolute atomic E-state index is 14.0. The number of fused-ring (bicyclic) bond motifs is 1. The monoisotopic (exact) mass is 490 g/mol. The third kappa shape index (κ3) is 4.72. The average molecular weight is 491 g/mol. The first-order valence-electron chi connectivity index (χ1n) is 11.7. The number of aliphatic hydroxyl groups excluding tert-OH is 1. The van der Waals surface area contributed by atoms with Crippen molar-refractivity contribution in [3.8, 4) is 5.75 Å². The number of aryl methyl sites for hydroxylation is 2. The standard InChI is InChI=1S/C24H34N4O5S/c1-18-15-20(33-3)16-19(2)24(18)34(31,32)28-12-11-26-6-4-5-21(26)22(28)17-23(30)27-9-7-25(8-10-27)13-14-29/h4-6,15-16,22,29H,7-14,17H2,1-3H3. The molecule has 0 saturated carbocycles. The first-order chi connectivity index (χ1) is 16.3. The van der Waals surface area contributed by atoms with Crippen LogP contribution in [0, 0.1) is 13.8 Å². The van der Waals surface area contributed by atoms with Crippen LogP contribution in [-0.2, 0) is 21.4 Å². The molecule has 2 aliphatic rings. The molecule has 2 aliphatic heterocycles. The van der Waals surface area contributed by atoms with Crippen LogP contribution in [0.25, 0.3) is 0 Å². The molecule has 0 aliphatic carbocycles. The number of hydrogen-bond acceptors (Lipinski definition) is 6. The van der Waals surface area contributed by atoms with Crippen LogP contribution in [0.3, 0.4) is 0 Å². The van der Waals surface area contributed by atoms with Gasteiger partial charge in [-0.3, -0.25) is 9.69 Å². The number of piperazine rings is 1. The van der Waals surface area contributed by atoms with E-state index in [9.17, 15) is 13.2 Å². The minimum atomic E-state index is -3.85. The summed E-state index contributed by atoms with van der Waals surface area (Å²) in [5.41, 5.74) is 2.09. The Hall–Kier alpha value is -2.40. The molecule has 1 aromatic heterocycles. The lowest BCUT2D eigenvalue weighted by Gasteiger charge is -2.39. The summed E-state index contributed by atoms with van der Waals surface area (Å²) in [6.07, 6.45) is 2.03. The molecule has 10 heteroatoms. The van der Waals surface area contributed by atoms with Crippen LogP contribution >= 0.6 is 0 Å². The number of aliphatic hydroxyl groups is 1.